The summed E-state index contributed by atoms with van der Waals surface area (Å²) in [5, 5.41) is 0. The van der Waals surface area contributed by atoms with Crippen LogP contribution in [0.1, 0.15) is 13.8 Å². The maximum Gasteiger partial charge on any atom is 0.422 e. The number of ether oxygens (including phenoxy) is 1. The standard InChI is InChI=1S/C9H12BrN3O4S/c1-6(2)17-9(14)13-18(15,16)12-7-4-3-5-11-8(7)10/h3-6,12H,1-2H3,(H,13,14). The largest absolute Gasteiger partial charge is 0.446 e. The number of pyridine rings is 1. The zero-order chi connectivity index (χ0) is 13.8. The van der Waals surface area contributed by atoms with E-state index >= 15 is 0 Å². The summed E-state index contributed by atoms with van der Waals surface area (Å²) in [5.41, 5.74) is 0.211. The number of carbonyl (C=O) groups is 1. The van der Waals surface area contributed by atoms with E-state index in [9.17, 15) is 13.2 Å². The molecule has 0 saturated carbocycles. The zero-order valence-corrected chi connectivity index (χ0v) is 12.1. The van der Waals surface area contributed by atoms with Gasteiger partial charge in [0, 0.05) is 6.20 Å². The van der Waals surface area contributed by atoms with Crippen molar-refractivity contribution in [1.82, 2.24) is 9.71 Å². The van der Waals surface area contributed by atoms with Crippen molar-refractivity contribution >= 4 is 37.9 Å². The van der Waals surface area contributed by atoms with E-state index in [-0.39, 0.29) is 5.69 Å². The first-order valence-electron chi connectivity index (χ1n) is 4.92. The van der Waals surface area contributed by atoms with Crippen LogP contribution in [-0.4, -0.2) is 25.6 Å². The monoisotopic (exact) mass is 337 g/mol. The Balaban J connectivity index is 2.72. The Hall–Kier alpha value is -1.35. The maximum atomic E-state index is 11.6. The number of aromatic nitrogens is 1. The first kappa shape index (κ1) is 14.7. The molecule has 7 nitrogen and oxygen atoms in total. The van der Waals surface area contributed by atoms with Crippen LogP contribution in [0.5, 0.6) is 0 Å². The van der Waals surface area contributed by atoms with E-state index in [4.69, 9.17) is 0 Å². The molecule has 0 aliphatic carbocycles. The van der Waals surface area contributed by atoms with Crippen LogP contribution in [0, 0.1) is 0 Å². The van der Waals surface area contributed by atoms with Gasteiger partial charge in [0.15, 0.2) is 0 Å². The fourth-order valence-electron chi connectivity index (χ4n) is 0.980. The summed E-state index contributed by atoms with van der Waals surface area (Å²) in [5.74, 6) is 0. The van der Waals surface area contributed by atoms with Gasteiger partial charge in [-0.2, -0.15) is 8.42 Å². The first-order valence-corrected chi connectivity index (χ1v) is 7.19. The maximum absolute atomic E-state index is 11.6. The van der Waals surface area contributed by atoms with E-state index in [2.05, 4.69) is 30.4 Å². The minimum absolute atomic E-state index is 0.211. The van der Waals surface area contributed by atoms with Crippen LogP contribution >= 0.6 is 15.9 Å². The van der Waals surface area contributed by atoms with Crippen molar-refractivity contribution in [3.63, 3.8) is 0 Å². The predicted octanol–water partition coefficient (Wildman–Crippen LogP) is 1.64. The number of anilines is 1. The molecule has 9 heteroatoms. The molecule has 0 saturated heterocycles. The van der Waals surface area contributed by atoms with Gasteiger partial charge in [-0.15, -0.1) is 0 Å². The van der Waals surface area contributed by atoms with Crippen LogP contribution in [0.2, 0.25) is 0 Å². The van der Waals surface area contributed by atoms with E-state index < -0.39 is 22.4 Å². The Morgan fingerprint density at radius 1 is 1.50 bits per heavy atom. The lowest BCUT2D eigenvalue weighted by Crippen LogP contribution is -2.36. The van der Waals surface area contributed by atoms with Crippen molar-refractivity contribution in [3.8, 4) is 0 Å². The SMILES string of the molecule is CC(C)OC(=O)NS(=O)(=O)Nc1cccnc1Br. The average molecular weight is 338 g/mol. The molecule has 1 rings (SSSR count). The lowest BCUT2D eigenvalue weighted by molar-refractivity contribution is 0.121. The lowest BCUT2D eigenvalue weighted by Gasteiger charge is -2.11. The molecule has 0 fully saturated rings. The molecule has 2 N–H and O–H groups in total. The zero-order valence-electron chi connectivity index (χ0n) is 9.68. The second kappa shape index (κ2) is 6.01. The van der Waals surface area contributed by atoms with Crippen molar-refractivity contribution in [1.29, 1.82) is 0 Å². The normalized spacial score (nSPS) is 11.1. The van der Waals surface area contributed by atoms with Crippen LogP contribution in [-0.2, 0) is 14.9 Å². The average Bonchev–Trinajstić information content (AvgIpc) is 2.18. The van der Waals surface area contributed by atoms with Crippen LogP contribution in [0.4, 0.5) is 10.5 Å². The van der Waals surface area contributed by atoms with Gasteiger partial charge in [-0.25, -0.2) is 14.5 Å². The fourth-order valence-corrected chi connectivity index (χ4v) is 2.23. The Labute approximate surface area is 113 Å². The van der Waals surface area contributed by atoms with Crippen molar-refractivity contribution in [2.24, 2.45) is 0 Å². The third-order valence-corrected chi connectivity index (χ3v) is 3.12. The van der Waals surface area contributed by atoms with E-state index in [0.29, 0.717) is 4.60 Å². The molecule has 0 aliphatic rings. The Morgan fingerprint density at radius 2 is 2.17 bits per heavy atom. The summed E-state index contributed by atoms with van der Waals surface area (Å²) in [7, 11) is -4.05. The van der Waals surface area contributed by atoms with Crippen molar-refractivity contribution in [2.75, 3.05) is 4.72 Å². The molecule has 1 aromatic heterocycles. The topological polar surface area (TPSA) is 97.4 Å². The predicted molar refractivity (Wildman–Crippen MR) is 69.2 cm³/mol. The van der Waals surface area contributed by atoms with Crippen molar-refractivity contribution < 1.29 is 17.9 Å². The number of hydrogen-bond acceptors (Lipinski definition) is 5. The molecule has 0 spiro atoms. The fraction of sp³-hybridized carbons (Fsp3) is 0.333. The number of nitrogens with zero attached hydrogens (tertiary/aromatic N) is 1. The van der Waals surface area contributed by atoms with Gasteiger partial charge in [-0.05, 0) is 41.9 Å². The highest BCUT2D eigenvalue weighted by Gasteiger charge is 2.17. The third-order valence-electron chi connectivity index (χ3n) is 1.56. The Kier molecular flexibility index (Phi) is 4.91. The highest BCUT2D eigenvalue weighted by molar-refractivity contribution is 9.10. The third kappa shape index (κ3) is 4.88. The number of carbonyl (C=O) groups excluding carboxylic acids is 1. The minimum atomic E-state index is -4.05. The minimum Gasteiger partial charge on any atom is -0.446 e. The molecule has 1 aromatic rings. The van der Waals surface area contributed by atoms with Crippen LogP contribution in [0.3, 0.4) is 0 Å². The molecule has 1 amide bonds. The Bertz CT molecular complexity index is 532. The van der Waals surface area contributed by atoms with Crippen LogP contribution < -0.4 is 9.44 Å². The van der Waals surface area contributed by atoms with Crippen molar-refractivity contribution in [2.45, 2.75) is 20.0 Å². The van der Waals surface area contributed by atoms with Gasteiger partial charge in [0.05, 0.1) is 11.8 Å². The highest BCUT2D eigenvalue weighted by atomic mass is 79.9. The summed E-state index contributed by atoms with van der Waals surface area (Å²) in [6.07, 6.45) is 0.0327. The van der Waals surface area contributed by atoms with E-state index in [0.717, 1.165) is 0 Å². The molecule has 0 aliphatic heterocycles. The van der Waals surface area contributed by atoms with Gasteiger partial charge < -0.3 is 4.74 Å². The number of hydrogen-bond donors (Lipinski definition) is 2. The summed E-state index contributed by atoms with van der Waals surface area (Å²) < 4.78 is 32.0. The number of nitrogens with one attached hydrogen (secondary N) is 2. The molecule has 0 atom stereocenters. The lowest BCUT2D eigenvalue weighted by atomic mass is 10.4. The smallest absolute Gasteiger partial charge is 0.422 e. The molecule has 18 heavy (non-hydrogen) atoms. The van der Waals surface area contributed by atoms with Crippen molar-refractivity contribution in [3.05, 3.63) is 22.9 Å². The van der Waals surface area contributed by atoms with E-state index in [1.54, 1.807) is 24.6 Å². The van der Waals surface area contributed by atoms with E-state index in [1.165, 1.54) is 12.3 Å². The van der Waals surface area contributed by atoms with Gasteiger partial charge in [0.1, 0.15) is 4.60 Å². The van der Waals surface area contributed by atoms with Crippen LogP contribution in [0.25, 0.3) is 0 Å². The van der Waals surface area contributed by atoms with Crippen LogP contribution in [0.15, 0.2) is 22.9 Å². The summed E-state index contributed by atoms with van der Waals surface area (Å²) in [6.45, 7) is 3.22. The quantitative estimate of drug-likeness (QED) is 0.814. The molecule has 1 heterocycles. The molecular weight excluding hydrogens is 326 g/mol. The van der Waals surface area contributed by atoms with Gasteiger partial charge in [0.25, 0.3) is 0 Å². The molecule has 100 valence electrons. The highest BCUT2D eigenvalue weighted by Crippen LogP contribution is 2.18. The van der Waals surface area contributed by atoms with Gasteiger partial charge in [-0.1, -0.05) is 0 Å². The van der Waals surface area contributed by atoms with Gasteiger partial charge in [-0.3, -0.25) is 4.72 Å². The molecule has 0 unspecified atom stereocenters. The summed E-state index contributed by atoms with van der Waals surface area (Å²) in [6, 6.07) is 3.04. The second-order valence-electron chi connectivity index (χ2n) is 3.50. The number of amides is 1. The summed E-state index contributed by atoms with van der Waals surface area (Å²) in [4.78, 5) is 15.0. The Morgan fingerprint density at radius 3 is 2.72 bits per heavy atom. The molecule has 0 radical (unpaired) electrons. The number of halogens is 1. The second-order valence-corrected chi connectivity index (χ2v) is 5.67. The van der Waals surface area contributed by atoms with E-state index in [1.807, 2.05) is 0 Å². The summed E-state index contributed by atoms with van der Waals surface area (Å²) >= 11 is 3.07. The molecular formula is C9H12BrN3O4S. The molecule has 0 bridgehead atoms. The number of rotatable bonds is 4. The first-order chi connectivity index (χ1) is 8.30. The van der Waals surface area contributed by atoms with Gasteiger partial charge >= 0.3 is 16.3 Å². The molecule has 0 aromatic carbocycles. The van der Waals surface area contributed by atoms with Gasteiger partial charge in [0.2, 0.25) is 0 Å².